The van der Waals surface area contributed by atoms with E-state index in [2.05, 4.69) is 20.2 Å². The zero-order chi connectivity index (χ0) is 16.5. The maximum atomic E-state index is 14.4. The van der Waals surface area contributed by atoms with Gasteiger partial charge in [0.05, 0.1) is 11.1 Å². The summed E-state index contributed by atoms with van der Waals surface area (Å²) >= 11 is 0. The van der Waals surface area contributed by atoms with Crippen molar-refractivity contribution in [3.63, 3.8) is 0 Å². The predicted octanol–water partition coefficient (Wildman–Crippen LogP) is 3.53. The average molecular weight is 321 g/mol. The Morgan fingerprint density at radius 3 is 2.67 bits per heavy atom. The molecule has 0 unspecified atom stereocenters. The number of H-pyrrole nitrogens is 1. The number of hydrogen-bond donors (Lipinski definition) is 2. The van der Waals surface area contributed by atoms with Crippen LogP contribution in [-0.4, -0.2) is 20.2 Å². The van der Waals surface area contributed by atoms with E-state index < -0.39 is 5.82 Å². The quantitative estimate of drug-likeness (QED) is 0.602. The third-order valence-corrected chi connectivity index (χ3v) is 3.57. The first-order chi connectivity index (χ1) is 11.7. The van der Waals surface area contributed by atoms with E-state index >= 15 is 0 Å². The van der Waals surface area contributed by atoms with Gasteiger partial charge in [-0.15, -0.1) is 0 Å². The molecule has 2 heterocycles. The molecule has 6 nitrogen and oxygen atoms in total. The number of rotatable bonds is 3. The fourth-order valence-electron chi connectivity index (χ4n) is 2.44. The Kier molecular flexibility index (Phi) is 3.31. The van der Waals surface area contributed by atoms with Crippen molar-refractivity contribution in [2.45, 2.75) is 0 Å². The van der Waals surface area contributed by atoms with Gasteiger partial charge in [0.25, 0.3) is 0 Å². The van der Waals surface area contributed by atoms with Gasteiger partial charge in [-0.1, -0.05) is 18.2 Å². The Balaban J connectivity index is 1.73. The Morgan fingerprint density at radius 1 is 1.04 bits per heavy atom. The molecule has 0 spiro atoms. The molecule has 4 rings (SSSR count). The first-order valence-corrected chi connectivity index (χ1v) is 7.20. The van der Waals surface area contributed by atoms with Crippen molar-refractivity contribution in [3.8, 4) is 22.8 Å². The summed E-state index contributed by atoms with van der Waals surface area (Å²) in [5.41, 5.74) is 7.46. The lowest BCUT2D eigenvalue weighted by Crippen LogP contribution is -1.93. The van der Waals surface area contributed by atoms with E-state index in [9.17, 15) is 4.39 Å². The summed E-state index contributed by atoms with van der Waals surface area (Å²) in [5, 5.41) is 7.46. The van der Waals surface area contributed by atoms with Gasteiger partial charge in [0.15, 0.2) is 17.2 Å². The Morgan fingerprint density at radius 2 is 1.88 bits per heavy atom. The topological polar surface area (TPSA) is 89.7 Å². The first-order valence-electron chi connectivity index (χ1n) is 7.20. The molecule has 0 aliphatic rings. The van der Waals surface area contributed by atoms with Crippen molar-refractivity contribution in [2.24, 2.45) is 0 Å². The molecule has 0 atom stereocenters. The van der Waals surface area contributed by atoms with E-state index in [1.807, 2.05) is 18.2 Å². The summed E-state index contributed by atoms with van der Waals surface area (Å²) in [4.78, 5) is 7.98. The number of halogens is 1. The van der Waals surface area contributed by atoms with E-state index in [0.29, 0.717) is 28.0 Å². The highest BCUT2D eigenvalue weighted by atomic mass is 19.1. The number of hydrogen-bond acceptors (Lipinski definition) is 5. The highest BCUT2D eigenvalue weighted by Gasteiger charge is 2.14. The number of fused-ring (bicyclic) bond motifs is 1. The highest BCUT2D eigenvalue weighted by Crippen LogP contribution is 2.32. The molecule has 3 N–H and O–H groups in total. The second kappa shape index (κ2) is 5.62. The van der Waals surface area contributed by atoms with Crippen LogP contribution in [0.4, 0.5) is 10.2 Å². The van der Waals surface area contributed by atoms with Crippen LogP contribution in [0.1, 0.15) is 0 Å². The minimum Gasteiger partial charge on any atom is -0.454 e. The van der Waals surface area contributed by atoms with Crippen molar-refractivity contribution in [1.82, 2.24) is 20.2 Å². The molecule has 0 saturated carbocycles. The van der Waals surface area contributed by atoms with Crippen molar-refractivity contribution < 1.29 is 9.13 Å². The monoisotopic (exact) mass is 321 g/mol. The van der Waals surface area contributed by atoms with Crippen molar-refractivity contribution >= 4 is 16.9 Å². The zero-order valence-electron chi connectivity index (χ0n) is 12.4. The third kappa shape index (κ3) is 2.41. The molecule has 0 radical (unpaired) electrons. The number of para-hydroxylation sites is 1. The van der Waals surface area contributed by atoms with Crippen LogP contribution in [0, 0.1) is 5.82 Å². The lowest BCUT2D eigenvalue weighted by atomic mass is 10.1. The molecule has 2 aromatic heterocycles. The van der Waals surface area contributed by atoms with Crippen LogP contribution in [-0.2, 0) is 0 Å². The summed E-state index contributed by atoms with van der Waals surface area (Å²) in [6.07, 6.45) is 1.33. The molecule has 4 aromatic rings. The lowest BCUT2D eigenvalue weighted by molar-refractivity contribution is 0.442. The first kappa shape index (κ1) is 14.1. The fourth-order valence-corrected chi connectivity index (χ4v) is 2.44. The second-order valence-electron chi connectivity index (χ2n) is 5.12. The summed E-state index contributed by atoms with van der Waals surface area (Å²) < 4.78 is 19.9. The van der Waals surface area contributed by atoms with Gasteiger partial charge in [0.2, 0.25) is 0 Å². The van der Waals surface area contributed by atoms with Crippen LogP contribution < -0.4 is 10.5 Å². The molecule has 0 aliphatic carbocycles. The summed E-state index contributed by atoms with van der Waals surface area (Å²) in [7, 11) is 0. The van der Waals surface area contributed by atoms with Gasteiger partial charge in [-0.3, -0.25) is 5.10 Å². The van der Waals surface area contributed by atoms with Gasteiger partial charge < -0.3 is 10.5 Å². The normalized spacial score (nSPS) is 10.9. The van der Waals surface area contributed by atoms with E-state index in [0.717, 1.165) is 0 Å². The van der Waals surface area contributed by atoms with Gasteiger partial charge >= 0.3 is 0 Å². The summed E-state index contributed by atoms with van der Waals surface area (Å²) in [6, 6.07) is 13.7. The van der Waals surface area contributed by atoms with Crippen LogP contribution in [0.25, 0.3) is 22.3 Å². The number of nitrogen functional groups attached to an aromatic ring is 1. The van der Waals surface area contributed by atoms with Crippen LogP contribution in [0.3, 0.4) is 0 Å². The minimum atomic E-state index is -0.491. The molecule has 24 heavy (non-hydrogen) atoms. The van der Waals surface area contributed by atoms with E-state index in [1.54, 1.807) is 24.3 Å². The van der Waals surface area contributed by atoms with Crippen molar-refractivity contribution in [3.05, 3.63) is 60.7 Å². The number of aromatic amines is 1. The van der Waals surface area contributed by atoms with Gasteiger partial charge in [0.1, 0.15) is 17.9 Å². The number of ether oxygens (including phenoxy) is 1. The Hall–Kier alpha value is -3.48. The van der Waals surface area contributed by atoms with Gasteiger partial charge in [-0.25, -0.2) is 14.4 Å². The molecule has 0 saturated heterocycles. The average Bonchev–Trinajstić information content (AvgIpc) is 3.03. The second-order valence-corrected chi connectivity index (χ2v) is 5.12. The molecular weight excluding hydrogens is 309 g/mol. The van der Waals surface area contributed by atoms with Crippen molar-refractivity contribution in [2.75, 3.05) is 5.73 Å². The van der Waals surface area contributed by atoms with Crippen molar-refractivity contribution in [1.29, 1.82) is 0 Å². The van der Waals surface area contributed by atoms with Crippen LogP contribution >= 0.6 is 0 Å². The van der Waals surface area contributed by atoms with Crippen LogP contribution in [0.2, 0.25) is 0 Å². The minimum absolute atomic E-state index is 0.137. The van der Waals surface area contributed by atoms with E-state index in [4.69, 9.17) is 10.5 Å². The lowest BCUT2D eigenvalue weighted by Gasteiger charge is -2.08. The van der Waals surface area contributed by atoms with Gasteiger partial charge in [-0.05, 0) is 30.3 Å². The molecule has 7 heteroatoms. The molecule has 0 aliphatic heterocycles. The number of nitrogens with one attached hydrogen (secondary N) is 1. The number of nitrogens with two attached hydrogens (primary N) is 1. The number of benzene rings is 2. The molecule has 0 bridgehead atoms. The maximum Gasteiger partial charge on any atom is 0.186 e. The largest absolute Gasteiger partial charge is 0.454 e. The van der Waals surface area contributed by atoms with Crippen LogP contribution in [0.15, 0.2) is 54.9 Å². The number of aromatic nitrogens is 4. The Bertz CT molecular complexity index is 1020. The molecular formula is C17H12FN5O. The van der Waals surface area contributed by atoms with Gasteiger partial charge in [-0.2, -0.15) is 5.10 Å². The molecule has 0 amide bonds. The zero-order valence-corrected chi connectivity index (χ0v) is 12.4. The predicted molar refractivity (Wildman–Crippen MR) is 88.0 cm³/mol. The van der Waals surface area contributed by atoms with Crippen LogP contribution in [0.5, 0.6) is 11.5 Å². The number of anilines is 1. The molecule has 2 aromatic carbocycles. The maximum absolute atomic E-state index is 14.4. The fraction of sp³-hybridized carbons (Fsp3) is 0. The number of nitrogens with zero attached hydrogens (tertiary/aromatic N) is 3. The standard InChI is InChI=1S/C17H12FN5O/c18-12-8-10(6-7-13(12)24-11-4-2-1-3-5-11)15-14-16(19)20-9-21-17(14)23-22-15/h1-9H,(H3,19,20,21,22,23). The SMILES string of the molecule is Nc1ncnc2n[nH]c(-c3ccc(Oc4ccccc4)c(F)c3)c12. The van der Waals surface area contributed by atoms with Gasteiger partial charge in [0, 0.05) is 5.56 Å². The smallest absolute Gasteiger partial charge is 0.186 e. The molecule has 118 valence electrons. The summed E-state index contributed by atoms with van der Waals surface area (Å²) in [6.45, 7) is 0. The summed E-state index contributed by atoms with van der Waals surface area (Å²) in [5.74, 6) is 0.495. The van der Waals surface area contributed by atoms with E-state index in [-0.39, 0.29) is 11.6 Å². The third-order valence-electron chi connectivity index (χ3n) is 3.57. The highest BCUT2D eigenvalue weighted by molar-refractivity contribution is 5.97. The molecule has 0 fully saturated rings. The Labute approximate surface area is 136 Å². The van der Waals surface area contributed by atoms with E-state index in [1.165, 1.54) is 12.4 Å².